The minimum Gasteiger partial charge on any atom is -0.295 e. The van der Waals surface area contributed by atoms with Crippen molar-refractivity contribution in [1.82, 2.24) is 14.2 Å². The normalized spacial score (nSPS) is 18.9. The highest BCUT2D eigenvalue weighted by Crippen LogP contribution is 2.11. The van der Waals surface area contributed by atoms with Crippen molar-refractivity contribution >= 4 is 26.0 Å². The number of nitrogens with zero attached hydrogens (tertiary/aromatic N) is 3. The summed E-state index contributed by atoms with van der Waals surface area (Å²) in [6, 6.07) is 5.85. The van der Waals surface area contributed by atoms with Crippen molar-refractivity contribution in [2.75, 3.05) is 30.8 Å². The molecule has 5 nitrogen and oxygen atoms in total. The van der Waals surface area contributed by atoms with E-state index in [9.17, 15) is 8.42 Å². The number of halogens is 1. The standard InChI is InChI=1S/C11H16BrN3O2S/c12-10-18(16,17)15-7-5-14(6-8-15)9-11-3-1-2-4-13-11/h1-4H,5-10H2. The van der Waals surface area contributed by atoms with Crippen molar-refractivity contribution in [2.45, 2.75) is 6.54 Å². The van der Waals surface area contributed by atoms with Gasteiger partial charge in [0.05, 0.1) is 5.69 Å². The zero-order chi connectivity index (χ0) is 13.0. The molecule has 0 atom stereocenters. The van der Waals surface area contributed by atoms with E-state index in [1.807, 2.05) is 18.2 Å². The maximum absolute atomic E-state index is 11.7. The molecule has 2 rings (SSSR count). The zero-order valence-corrected chi connectivity index (χ0v) is 12.4. The Morgan fingerprint density at radius 1 is 1.22 bits per heavy atom. The quantitative estimate of drug-likeness (QED) is 0.767. The third-order valence-electron chi connectivity index (χ3n) is 2.97. The fourth-order valence-corrected chi connectivity index (χ4v) is 3.68. The van der Waals surface area contributed by atoms with Crippen LogP contribution < -0.4 is 0 Å². The van der Waals surface area contributed by atoms with Crippen LogP contribution in [0.25, 0.3) is 0 Å². The van der Waals surface area contributed by atoms with Crippen LogP contribution in [0.1, 0.15) is 5.69 Å². The molecule has 1 saturated heterocycles. The van der Waals surface area contributed by atoms with Gasteiger partial charge in [-0.2, -0.15) is 4.31 Å². The topological polar surface area (TPSA) is 53.5 Å². The van der Waals surface area contributed by atoms with Gasteiger partial charge in [0.1, 0.15) is 4.66 Å². The Labute approximate surface area is 116 Å². The van der Waals surface area contributed by atoms with Crippen LogP contribution >= 0.6 is 15.9 Å². The summed E-state index contributed by atoms with van der Waals surface area (Å²) in [5.74, 6) is 0. The van der Waals surface area contributed by atoms with Crippen LogP contribution in [0, 0.1) is 0 Å². The largest absolute Gasteiger partial charge is 0.295 e. The number of pyridine rings is 1. The van der Waals surface area contributed by atoms with E-state index >= 15 is 0 Å². The Morgan fingerprint density at radius 2 is 1.94 bits per heavy atom. The predicted molar refractivity (Wildman–Crippen MR) is 73.8 cm³/mol. The van der Waals surface area contributed by atoms with Crippen molar-refractivity contribution in [3.8, 4) is 0 Å². The molecule has 0 N–H and O–H groups in total. The molecule has 0 amide bonds. The van der Waals surface area contributed by atoms with Crippen LogP contribution in [0.4, 0.5) is 0 Å². The number of aromatic nitrogens is 1. The Balaban J connectivity index is 1.88. The highest BCUT2D eigenvalue weighted by molar-refractivity contribution is 9.10. The smallest absolute Gasteiger partial charge is 0.224 e. The lowest BCUT2D eigenvalue weighted by atomic mass is 10.3. The number of sulfonamides is 1. The van der Waals surface area contributed by atoms with Gasteiger partial charge >= 0.3 is 0 Å². The number of rotatable bonds is 4. The van der Waals surface area contributed by atoms with Crippen LogP contribution in [0.2, 0.25) is 0 Å². The Morgan fingerprint density at radius 3 is 2.50 bits per heavy atom. The summed E-state index contributed by atoms with van der Waals surface area (Å²) in [5, 5.41) is 0. The van der Waals surface area contributed by atoms with Gasteiger partial charge in [0.15, 0.2) is 0 Å². The summed E-state index contributed by atoms with van der Waals surface area (Å²) in [6.07, 6.45) is 1.78. The molecule has 7 heteroatoms. The van der Waals surface area contributed by atoms with Gasteiger partial charge in [-0.3, -0.25) is 9.88 Å². The molecule has 1 aliphatic heterocycles. The van der Waals surface area contributed by atoms with Crippen LogP contribution in [0.15, 0.2) is 24.4 Å². The van der Waals surface area contributed by atoms with Gasteiger partial charge in [-0.15, -0.1) is 0 Å². The van der Waals surface area contributed by atoms with E-state index in [2.05, 4.69) is 25.8 Å². The highest BCUT2D eigenvalue weighted by Gasteiger charge is 2.25. The summed E-state index contributed by atoms with van der Waals surface area (Å²) in [5.41, 5.74) is 1.02. The van der Waals surface area contributed by atoms with Crippen molar-refractivity contribution in [1.29, 1.82) is 0 Å². The molecule has 1 aromatic heterocycles. The number of hydrogen-bond donors (Lipinski definition) is 0. The van der Waals surface area contributed by atoms with E-state index in [0.717, 1.165) is 25.3 Å². The zero-order valence-electron chi connectivity index (χ0n) is 10.00. The van der Waals surface area contributed by atoms with E-state index < -0.39 is 10.0 Å². The van der Waals surface area contributed by atoms with Crippen molar-refractivity contribution < 1.29 is 8.42 Å². The molecular weight excluding hydrogens is 318 g/mol. The Bertz CT molecular complexity index is 472. The second kappa shape index (κ2) is 6.10. The molecule has 18 heavy (non-hydrogen) atoms. The van der Waals surface area contributed by atoms with Crippen molar-refractivity contribution in [3.05, 3.63) is 30.1 Å². The first-order chi connectivity index (χ1) is 8.62. The van der Waals surface area contributed by atoms with Crippen molar-refractivity contribution in [3.63, 3.8) is 0 Å². The first-order valence-electron chi connectivity index (χ1n) is 5.78. The first kappa shape index (κ1) is 13.9. The molecule has 0 radical (unpaired) electrons. The van der Waals surface area contributed by atoms with Gasteiger partial charge in [0, 0.05) is 38.9 Å². The third-order valence-corrected chi connectivity index (χ3v) is 6.14. The maximum Gasteiger partial charge on any atom is 0.224 e. The molecule has 1 aromatic rings. The summed E-state index contributed by atoms with van der Waals surface area (Å²) < 4.78 is 24.9. The lowest BCUT2D eigenvalue weighted by Crippen LogP contribution is -2.48. The summed E-state index contributed by atoms with van der Waals surface area (Å²) in [6.45, 7) is 3.40. The molecule has 0 saturated carbocycles. The minimum absolute atomic E-state index is 0.000239. The SMILES string of the molecule is O=S(=O)(CBr)N1CCN(Cc2ccccn2)CC1. The predicted octanol–water partition coefficient (Wildman–Crippen LogP) is 0.881. The number of piperazine rings is 1. The lowest BCUT2D eigenvalue weighted by molar-refractivity contribution is 0.180. The van der Waals surface area contributed by atoms with E-state index in [1.165, 1.54) is 4.31 Å². The highest BCUT2D eigenvalue weighted by atomic mass is 79.9. The molecule has 100 valence electrons. The van der Waals surface area contributed by atoms with E-state index in [0.29, 0.717) is 13.1 Å². The monoisotopic (exact) mass is 333 g/mol. The molecule has 2 heterocycles. The van der Waals surface area contributed by atoms with Gasteiger partial charge in [-0.25, -0.2) is 8.42 Å². The van der Waals surface area contributed by atoms with Gasteiger partial charge < -0.3 is 0 Å². The molecule has 1 fully saturated rings. The van der Waals surface area contributed by atoms with Gasteiger partial charge in [-0.05, 0) is 12.1 Å². The molecule has 0 spiro atoms. The average Bonchev–Trinajstić information content (AvgIpc) is 2.40. The summed E-state index contributed by atoms with van der Waals surface area (Å²) in [7, 11) is -3.11. The van der Waals surface area contributed by atoms with E-state index in [-0.39, 0.29) is 4.66 Å². The summed E-state index contributed by atoms with van der Waals surface area (Å²) in [4.78, 5) is 6.50. The van der Waals surface area contributed by atoms with Crippen LogP contribution in [0.5, 0.6) is 0 Å². The van der Waals surface area contributed by atoms with Gasteiger partial charge in [-0.1, -0.05) is 22.0 Å². The number of hydrogen-bond acceptors (Lipinski definition) is 4. The van der Waals surface area contributed by atoms with Crippen molar-refractivity contribution in [2.24, 2.45) is 0 Å². The molecule has 0 unspecified atom stereocenters. The van der Waals surface area contributed by atoms with Crippen LogP contribution in [-0.2, 0) is 16.6 Å². The van der Waals surface area contributed by atoms with E-state index in [4.69, 9.17) is 0 Å². The third kappa shape index (κ3) is 3.50. The molecule has 1 aliphatic rings. The van der Waals surface area contributed by atoms with Crippen LogP contribution in [-0.4, -0.2) is 53.4 Å². The minimum atomic E-state index is -3.11. The lowest BCUT2D eigenvalue weighted by Gasteiger charge is -2.33. The fourth-order valence-electron chi connectivity index (χ4n) is 1.96. The Kier molecular flexibility index (Phi) is 4.71. The van der Waals surface area contributed by atoms with Gasteiger partial charge in [0.25, 0.3) is 0 Å². The maximum atomic E-state index is 11.7. The van der Waals surface area contributed by atoms with E-state index in [1.54, 1.807) is 6.20 Å². The van der Waals surface area contributed by atoms with Crippen LogP contribution in [0.3, 0.4) is 0 Å². The van der Waals surface area contributed by atoms with Gasteiger partial charge in [0.2, 0.25) is 10.0 Å². The summed E-state index contributed by atoms with van der Waals surface area (Å²) >= 11 is 3.02. The first-order valence-corrected chi connectivity index (χ1v) is 8.51. The fraction of sp³-hybridized carbons (Fsp3) is 0.545. The second-order valence-electron chi connectivity index (χ2n) is 4.22. The molecular formula is C11H16BrN3O2S. The molecule has 0 aliphatic carbocycles. The molecule has 0 aromatic carbocycles. The Hall–Kier alpha value is -0.500. The average molecular weight is 334 g/mol. The number of alkyl halides is 1. The molecule has 0 bridgehead atoms. The second-order valence-corrected chi connectivity index (χ2v) is 7.49.